The molecule has 0 aliphatic heterocycles. The molecule has 3 aliphatic rings. The van der Waals surface area contributed by atoms with Crippen LogP contribution in [0.4, 0.5) is 0 Å². The van der Waals surface area contributed by atoms with Crippen LogP contribution >= 0.6 is 0 Å². The second kappa shape index (κ2) is 7.01. The number of carbonyl (C=O) groups is 2. The summed E-state index contributed by atoms with van der Waals surface area (Å²) in [5, 5.41) is 11.1. The average Bonchev–Trinajstić information content (AvgIpc) is 3.07. The summed E-state index contributed by atoms with van der Waals surface area (Å²) in [5.74, 6) is -0.484. The number of aliphatic hydroxyl groups excluding tert-OH is 1. The maximum Gasteiger partial charge on any atom is 0.316 e. The zero-order valence-electron chi connectivity index (χ0n) is 17.3. The van der Waals surface area contributed by atoms with Crippen LogP contribution in [0, 0.1) is 28.1 Å². The Morgan fingerprint density at radius 2 is 2.17 bits per heavy atom. The summed E-state index contributed by atoms with van der Waals surface area (Å²) >= 11 is 0. The van der Waals surface area contributed by atoms with Gasteiger partial charge < -0.3 is 19.0 Å². The molecule has 0 bridgehead atoms. The van der Waals surface area contributed by atoms with Crippen LogP contribution in [0.25, 0.3) is 0 Å². The van der Waals surface area contributed by atoms with Gasteiger partial charge in [-0.1, -0.05) is 19.1 Å². The van der Waals surface area contributed by atoms with Gasteiger partial charge in [0.1, 0.15) is 0 Å². The summed E-state index contributed by atoms with van der Waals surface area (Å²) in [7, 11) is 1.42. The molecule has 2 fully saturated rings. The molecule has 0 amide bonds. The van der Waals surface area contributed by atoms with Gasteiger partial charge in [0.05, 0.1) is 37.8 Å². The van der Waals surface area contributed by atoms with E-state index in [2.05, 4.69) is 6.92 Å². The molecule has 0 radical (unpaired) electrons. The Kier molecular flexibility index (Phi) is 4.88. The quantitative estimate of drug-likeness (QED) is 0.580. The van der Waals surface area contributed by atoms with Gasteiger partial charge in [-0.2, -0.15) is 0 Å². The van der Waals surface area contributed by atoms with Crippen LogP contribution in [0.5, 0.6) is 0 Å². The van der Waals surface area contributed by atoms with E-state index in [0.29, 0.717) is 6.42 Å². The van der Waals surface area contributed by atoms with E-state index in [1.54, 1.807) is 18.6 Å². The number of rotatable bonds is 6. The molecule has 1 heterocycles. The Hall–Kier alpha value is -2.08. The number of aliphatic hydroxyl groups is 1. The molecule has 6 heteroatoms. The summed E-state index contributed by atoms with van der Waals surface area (Å²) < 4.78 is 16.0. The highest BCUT2D eigenvalue weighted by Gasteiger charge is 2.80. The van der Waals surface area contributed by atoms with Crippen LogP contribution in [-0.4, -0.2) is 36.9 Å². The zero-order valence-corrected chi connectivity index (χ0v) is 17.3. The van der Waals surface area contributed by atoms with Crippen molar-refractivity contribution in [2.24, 2.45) is 28.1 Å². The molecule has 6 nitrogen and oxygen atoms in total. The van der Waals surface area contributed by atoms with Crippen LogP contribution < -0.4 is 0 Å². The first-order valence-corrected chi connectivity index (χ1v) is 10.4. The molecule has 0 unspecified atom stereocenters. The van der Waals surface area contributed by atoms with Crippen molar-refractivity contribution in [3.8, 4) is 0 Å². The van der Waals surface area contributed by atoms with E-state index in [1.807, 2.05) is 12.1 Å². The summed E-state index contributed by atoms with van der Waals surface area (Å²) in [6, 6.07) is 1.94. The van der Waals surface area contributed by atoms with Crippen molar-refractivity contribution < 1.29 is 28.6 Å². The van der Waals surface area contributed by atoms with E-state index in [9.17, 15) is 14.7 Å². The van der Waals surface area contributed by atoms with Crippen molar-refractivity contribution in [3.05, 3.63) is 36.3 Å². The molecule has 0 aromatic carbocycles. The summed E-state index contributed by atoms with van der Waals surface area (Å²) in [6.45, 7) is 3.84. The molecule has 158 valence electrons. The van der Waals surface area contributed by atoms with Crippen molar-refractivity contribution in [2.75, 3.05) is 13.7 Å². The summed E-state index contributed by atoms with van der Waals surface area (Å²) in [5.41, 5.74) is -0.351. The first kappa shape index (κ1) is 20.2. The molecule has 4 rings (SSSR count). The fourth-order valence-corrected chi connectivity index (χ4v) is 6.47. The van der Waals surface area contributed by atoms with E-state index in [0.717, 1.165) is 31.2 Å². The lowest BCUT2D eigenvalue weighted by Gasteiger charge is -2.55. The van der Waals surface area contributed by atoms with Crippen molar-refractivity contribution in [1.82, 2.24) is 0 Å². The van der Waals surface area contributed by atoms with Gasteiger partial charge in [-0.3, -0.25) is 9.59 Å². The molecular weight excluding hydrogens is 372 g/mol. The highest BCUT2D eigenvalue weighted by molar-refractivity contribution is 5.85. The maximum atomic E-state index is 12.7. The maximum absolute atomic E-state index is 12.7. The van der Waals surface area contributed by atoms with Gasteiger partial charge in [-0.15, -0.1) is 0 Å². The van der Waals surface area contributed by atoms with Gasteiger partial charge in [0, 0.05) is 18.3 Å². The van der Waals surface area contributed by atoms with Crippen LogP contribution in [-0.2, 0) is 25.5 Å². The smallest absolute Gasteiger partial charge is 0.316 e. The van der Waals surface area contributed by atoms with Crippen LogP contribution in [0.3, 0.4) is 0 Å². The SMILES string of the molecule is COC(=O)[C@@]12C=C[C@H](O)[C@@H]3[C@](CCc4ccoc4)(COC(C)=O)[C@H](C)CC[C@]31C2. The predicted octanol–water partition coefficient (Wildman–Crippen LogP) is 3.29. The Balaban J connectivity index is 1.74. The highest BCUT2D eigenvalue weighted by atomic mass is 16.5. The monoisotopic (exact) mass is 402 g/mol. The predicted molar refractivity (Wildman–Crippen MR) is 105 cm³/mol. The number of aryl methyl sites for hydroxylation is 1. The average molecular weight is 402 g/mol. The molecule has 2 saturated carbocycles. The Morgan fingerprint density at radius 3 is 2.83 bits per heavy atom. The number of methoxy groups -OCH3 is 1. The largest absolute Gasteiger partial charge is 0.472 e. The van der Waals surface area contributed by atoms with Gasteiger partial charge in [-0.25, -0.2) is 0 Å². The van der Waals surface area contributed by atoms with Gasteiger partial charge in [0.2, 0.25) is 0 Å². The van der Waals surface area contributed by atoms with Crippen LogP contribution in [0.1, 0.15) is 45.1 Å². The number of hydrogen-bond donors (Lipinski definition) is 1. The van der Waals surface area contributed by atoms with Crippen molar-refractivity contribution in [3.63, 3.8) is 0 Å². The van der Waals surface area contributed by atoms with Crippen LogP contribution in [0.2, 0.25) is 0 Å². The Labute approximate surface area is 171 Å². The molecular formula is C23H30O6. The molecule has 3 aliphatic carbocycles. The first-order valence-electron chi connectivity index (χ1n) is 10.4. The van der Waals surface area contributed by atoms with E-state index >= 15 is 0 Å². The van der Waals surface area contributed by atoms with E-state index in [-0.39, 0.29) is 35.8 Å². The lowest BCUT2D eigenvalue weighted by atomic mass is 9.49. The number of carbonyl (C=O) groups excluding carboxylic acids is 2. The summed E-state index contributed by atoms with van der Waals surface area (Å²) in [4.78, 5) is 24.5. The minimum atomic E-state index is -0.682. The summed E-state index contributed by atoms with van der Waals surface area (Å²) in [6.07, 6.45) is 10.3. The fourth-order valence-electron chi connectivity index (χ4n) is 6.47. The number of esters is 2. The number of hydrogen-bond acceptors (Lipinski definition) is 6. The first-order chi connectivity index (χ1) is 13.8. The molecule has 29 heavy (non-hydrogen) atoms. The van der Waals surface area contributed by atoms with Crippen molar-refractivity contribution >= 4 is 11.9 Å². The van der Waals surface area contributed by atoms with Crippen molar-refractivity contribution in [1.29, 1.82) is 0 Å². The third kappa shape index (κ3) is 2.87. The molecule has 1 aromatic heterocycles. The van der Waals surface area contributed by atoms with Gasteiger partial charge in [0.25, 0.3) is 0 Å². The van der Waals surface area contributed by atoms with E-state index in [4.69, 9.17) is 13.9 Å². The normalized spacial score (nSPS) is 39.9. The van der Waals surface area contributed by atoms with Gasteiger partial charge >= 0.3 is 11.9 Å². The topological polar surface area (TPSA) is 86.0 Å². The Bertz CT molecular complexity index is 813. The molecule has 1 aromatic rings. The van der Waals surface area contributed by atoms with Crippen molar-refractivity contribution in [2.45, 2.75) is 52.1 Å². The van der Waals surface area contributed by atoms with Gasteiger partial charge in [0.15, 0.2) is 0 Å². The van der Waals surface area contributed by atoms with Gasteiger partial charge in [-0.05, 0) is 55.1 Å². The zero-order chi connectivity index (χ0) is 20.9. The Morgan fingerprint density at radius 1 is 1.38 bits per heavy atom. The lowest BCUT2D eigenvalue weighted by Crippen LogP contribution is -2.56. The third-order valence-electron chi connectivity index (χ3n) is 8.05. The molecule has 0 saturated heterocycles. The number of furan rings is 1. The minimum absolute atomic E-state index is 0.172. The van der Waals surface area contributed by atoms with Crippen LogP contribution in [0.15, 0.2) is 35.2 Å². The molecule has 6 atom stereocenters. The standard InChI is InChI=1S/C23H30O6/c1-15-4-9-22-13-23(22,20(26)27-3)10-6-18(25)19(22)21(15,14-29-16(2)24)8-5-17-7-11-28-12-17/h6-7,10-12,15,18-19,25H,4-5,8-9,13-14H2,1-3H3/t15-,18+,19-,21-,22+,23+/m1/s1. The second-order valence-electron chi connectivity index (χ2n) is 9.21. The third-order valence-corrected chi connectivity index (χ3v) is 8.05. The van der Waals surface area contributed by atoms with E-state index in [1.165, 1.54) is 14.0 Å². The molecule has 1 N–H and O–H groups in total. The minimum Gasteiger partial charge on any atom is -0.472 e. The highest BCUT2D eigenvalue weighted by Crippen LogP contribution is 2.79. The lowest BCUT2D eigenvalue weighted by molar-refractivity contribution is -0.167. The van der Waals surface area contributed by atoms with E-state index < -0.39 is 16.9 Å². The number of ether oxygens (including phenoxy) is 2. The fraction of sp³-hybridized carbons (Fsp3) is 0.652. The second-order valence-corrected chi connectivity index (χ2v) is 9.21. The molecule has 1 spiro atoms.